The van der Waals surface area contributed by atoms with Crippen molar-refractivity contribution in [2.75, 3.05) is 0 Å². The van der Waals surface area contributed by atoms with E-state index in [9.17, 15) is 0 Å². The minimum absolute atomic E-state index is 1.00. The Morgan fingerprint density at radius 2 is 1.38 bits per heavy atom. The van der Waals surface area contributed by atoms with Gasteiger partial charge in [-0.2, -0.15) is 0 Å². The molecular formula is C28H15N3S. The monoisotopic (exact) mass is 425 g/mol. The zero-order chi connectivity index (χ0) is 20.8. The first-order valence-electron chi connectivity index (χ1n) is 10.7. The van der Waals surface area contributed by atoms with Crippen molar-refractivity contribution in [3.05, 3.63) is 91.3 Å². The van der Waals surface area contributed by atoms with Crippen LogP contribution in [0.1, 0.15) is 0 Å². The van der Waals surface area contributed by atoms with Crippen LogP contribution in [0.5, 0.6) is 0 Å². The number of benzene rings is 4. The molecule has 8 aromatic rings. The van der Waals surface area contributed by atoms with Crippen LogP contribution < -0.4 is 0 Å². The van der Waals surface area contributed by atoms with E-state index in [-0.39, 0.29) is 0 Å². The van der Waals surface area contributed by atoms with E-state index in [1.54, 1.807) is 17.7 Å². The number of thiophene rings is 1. The molecular weight excluding hydrogens is 410 g/mol. The van der Waals surface area contributed by atoms with E-state index in [1.165, 1.54) is 48.2 Å². The Labute approximate surface area is 186 Å². The van der Waals surface area contributed by atoms with Gasteiger partial charge < -0.3 is 4.40 Å². The van der Waals surface area contributed by atoms with Crippen molar-refractivity contribution >= 4 is 69.7 Å². The van der Waals surface area contributed by atoms with Crippen LogP contribution in [0.25, 0.3) is 69.7 Å². The highest BCUT2D eigenvalue weighted by Crippen LogP contribution is 2.42. The summed E-state index contributed by atoms with van der Waals surface area (Å²) in [6.07, 6.45) is 1.70. The minimum atomic E-state index is 1.00. The predicted molar refractivity (Wildman–Crippen MR) is 135 cm³/mol. The van der Waals surface area contributed by atoms with Crippen LogP contribution in [0.3, 0.4) is 0 Å². The van der Waals surface area contributed by atoms with Crippen LogP contribution in [0.15, 0.2) is 91.3 Å². The molecule has 4 aromatic heterocycles. The van der Waals surface area contributed by atoms with Gasteiger partial charge in [0, 0.05) is 37.2 Å². The molecule has 4 heterocycles. The van der Waals surface area contributed by atoms with E-state index >= 15 is 0 Å². The molecule has 4 heteroatoms. The lowest BCUT2D eigenvalue weighted by molar-refractivity contribution is 1.24. The van der Waals surface area contributed by atoms with Gasteiger partial charge in [0.25, 0.3) is 0 Å². The molecule has 8 rings (SSSR count). The normalized spacial score (nSPS) is 12.4. The predicted octanol–water partition coefficient (Wildman–Crippen LogP) is 7.66. The number of para-hydroxylation sites is 2. The topological polar surface area (TPSA) is 30.2 Å². The second-order valence-corrected chi connectivity index (χ2v) is 9.34. The summed E-state index contributed by atoms with van der Waals surface area (Å²) in [4.78, 5) is 9.35. The third-order valence-electron chi connectivity index (χ3n) is 6.66. The van der Waals surface area contributed by atoms with Crippen molar-refractivity contribution < 1.29 is 0 Å². The lowest BCUT2D eigenvalue weighted by atomic mass is 10.1. The standard InChI is InChI=1S/C28H15N3S/c1-3-10-22-17(6-1)19-8-5-9-20-18-13-12-16(14-23(18)31(22)27(19)20)25-28-26(30-15-29-25)21-7-2-4-11-24(21)32-28/h1-15H. The molecule has 0 amide bonds. The zero-order valence-corrected chi connectivity index (χ0v) is 17.7. The van der Waals surface area contributed by atoms with Crippen LogP contribution in [-0.2, 0) is 0 Å². The summed E-state index contributed by atoms with van der Waals surface area (Å²) < 4.78 is 4.81. The molecule has 32 heavy (non-hydrogen) atoms. The molecule has 0 N–H and O–H groups in total. The molecule has 0 aliphatic carbocycles. The van der Waals surface area contributed by atoms with Crippen molar-refractivity contribution in [3.63, 3.8) is 0 Å². The van der Waals surface area contributed by atoms with Crippen molar-refractivity contribution in [1.29, 1.82) is 0 Å². The number of hydrogen-bond donors (Lipinski definition) is 0. The fraction of sp³-hybridized carbons (Fsp3) is 0. The van der Waals surface area contributed by atoms with E-state index in [1.807, 2.05) is 0 Å². The second kappa shape index (κ2) is 5.81. The molecule has 0 aliphatic heterocycles. The number of rotatable bonds is 1. The van der Waals surface area contributed by atoms with Gasteiger partial charge in [-0.3, -0.25) is 0 Å². The fourth-order valence-electron chi connectivity index (χ4n) is 5.31. The van der Waals surface area contributed by atoms with E-state index in [0.717, 1.165) is 21.5 Å². The van der Waals surface area contributed by atoms with Crippen LogP contribution in [0, 0.1) is 0 Å². The van der Waals surface area contributed by atoms with Crippen molar-refractivity contribution in [3.8, 4) is 11.3 Å². The highest BCUT2D eigenvalue weighted by molar-refractivity contribution is 7.26. The van der Waals surface area contributed by atoms with Gasteiger partial charge in [-0.1, -0.05) is 66.7 Å². The third-order valence-corrected chi connectivity index (χ3v) is 7.82. The van der Waals surface area contributed by atoms with Crippen LogP contribution in [0.4, 0.5) is 0 Å². The first kappa shape index (κ1) is 16.6. The lowest BCUT2D eigenvalue weighted by Gasteiger charge is -2.04. The van der Waals surface area contributed by atoms with Gasteiger partial charge in [0.05, 0.1) is 32.5 Å². The van der Waals surface area contributed by atoms with Crippen molar-refractivity contribution in [2.24, 2.45) is 0 Å². The van der Waals surface area contributed by atoms with Gasteiger partial charge >= 0.3 is 0 Å². The Balaban J connectivity index is 1.52. The molecule has 3 nitrogen and oxygen atoms in total. The molecule has 0 atom stereocenters. The van der Waals surface area contributed by atoms with Crippen LogP contribution in [-0.4, -0.2) is 14.4 Å². The molecule has 0 bridgehead atoms. The summed E-state index contributed by atoms with van der Waals surface area (Å²) in [5.74, 6) is 0. The lowest BCUT2D eigenvalue weighted by Crippen LogP contribution is -1.87. The highest BCUT2D eigenvalue weighted by atomic mass is 32.1. The Kier molecular flexibility index (Phi) is 3.02. The van der Waals surface area contributed by atoms with E-state index in [2.05, 4.69) is 94.3 Å². The Bertz CT molecular complexity index is 1990. The van der Waals surface area contributed by atoms with Gasteiger partial charge in [0.2, 0.25) is 0 Å². The largest absolute Gasteiger partial charge is 0.308 e. The maximum Gasteiger partial charge on any atom is 0.116 e. The number of nitrogens with zero attached hydrogens (tertiary/aromatic N) is 3. The summed E-state index contributed by atoms with van der Waals surface area (Å²) in [7, 11) is 0. The molecule has 0 saturated carbocycles. The maximum absolute atomic E-state index is 4.74. The first-order valence-corrected chi connectivity index (χ1v) is 11.5. The smallest absolute Gasteiger partial charge is 0.116 e. The van der Waals surface area contributed by atoms with Crippen molar-refractivity contribution in [2.45, 2.75) is 0 Å². The zero-order valence-electron chi connectivity index (χ0n) is 16.9. The molecule has 0 radical (unpaired) electrons. The maximum atomic E-state index is 4.74. The summed E-state index contributed by atoms with van der Waals surface area (Å²) >= 11 is 1.77. The van der Waals surface area contributed by atoms with Gasteiger partial charge in [0.1, 0.15) is 6.33 Å². The molecule has 0 saturated heterocycles. The quantitative estimate of drug-likeness (QED) is 0.270. The van der Waals surface area contributed by atoms with E-state index < -0.39 is 0 Å². The van der Waals surface area contributed by atoms with Gasteiger partial charge in [-0.05, 0) is 18.2 Å². The second-order valence-electron chi connectivity index (χ2n) is 8.28. The molecule has 0 unspecified atom stereocenters. The number of hydrogen-bond acceptors (Lipinski definition) is 3. The van der Waals surface area contributed by atoms with E-state index in [0.29, 0.717) is 0 Å². The molecule has 148 valence electrons. The van der Waals surface area contributed by atoms with Gasteiger partial charge in [-0.15, -0.1) is 11.3 Å². The van der Waals surface area contributed by atoms with Gasteiger partial charge in [0.15, 0.2) is 0 Å². The van der Waals surface area contributed by atoms with Crippen molar-refractivity contribution in [1.82, 2.24) is 14.4 Å². The van der Waals surface area contributed by atoms with Crippen LogP contribution >= 0.6 is 11.3 Å². The average Bonchev–Trinajstić information content (AvgIpc) is 3.50. The van der Waals surface area contributed by atoms with Gasteiger partial charge in [-0.25, -0.2) is 9.97 Å². The summed E-state index contributed by atoms with van der Waals surface area (Å²) in [5, 5.41) is 6.39. The number of fused-ring (bicyclic) bond motifs is 9. The Morgan fingerprint density at radius 3 is 2.28 bits per heavy atom. The molecule has 4 aromatic carbocycles. The molecule has 0 aliphatic rings. The Morgan fingerprint density at radius 1 is 0.625 bits per heavy atom. The first-order chi connectivity index (χ1) is 15.9. The number of aromatic nitrogens is 3. The fourth-order valence-corrected chi connectivity index (χ4v) is 6.47. The molecule has 0 fully saturated rings. The molecule has 0 spiro atoms. The minimum Gasteiger partial charge on any atom is -0.308 e. The van der Waals surface area contributed by atoms with Crippen LogP contribution in [0.2, 0.25) is 0 Å². The average molecular weight is 426 g/mol. The Hall–Kier alpha value is -4.02. The van der Waals surface area contributed by atoms with E-state index in [4.69, 9.17) is 4.98 Å². The summed E-state index contributed by atoms with van der Waals surface area (Å²) in [5.41, 5.74) is 6.94. The highest BCUT2D eigenvalue weighted by Gasteiger charge is 2.18. The summed E-state index contributed by atoms with van der Waals surface area (Å²) in [6.45, 7) is 0. The SMILES string of the molecule is c1ccc2c(c1)sc1c(-c3ccc4c5cccc6c7ccccc7n(c4c3)c65)ncnc12. The third kappa shape index (κ3) is 1.96. The summed E-state index contributed by atoms with van der Waals surface area (Å²) in [6, 6.07) is 30.5.